The van der Waals surface area contributed by atoms with Crippen molar-refractivity contribution in [1.82, 2.24) is 0 Å². The van der Waals surface area contributed by atoms with Gasteiger partial charge in [0.2, 0.25) is 0 Å². The van der Waals surface area contributed by atoms with Crippen LogP contribution in [0.15, 0.2) is 28.7 Å². The van der Waals surface area contributed by atoms with Gasteiger partial charge in [0, 0.05) is 22.9 Å². The van der Waals surface area contributed by atoms with Gasteiger partial charge < -0.3 is 9.73 Å². The summed E-state index contributed by atoms with van der Waals surface area (Å²) >= 11 is 0. The van der Waals surface area contributed by atoms with Crippen LogP contribution in [0.4, 0.5) is 11.4 Å². The van der Waals surface area contributed by atoms with E-state index in [4.69, 9.17) is 4.42 Å². The normalized spacial score (nSPS) is 12.2. The highest BCUT2D eigenvalue weighted by Crippen LogP contribution is 2.30. The molecule has 0 aliphatic carbocycles. The molecule has 0 amide bonds. The van der Waals surface area contributed by atoms with Crippen LogP contribution in [0.3, 0.4) is 0 Å². The topological polar surface area (TPSA) is 68.3 Å². The lowest BCUT2D eigenvalue weighted by Gasteiger charge is -2.16. The Balaban J connectivity index is 2.28. The lowest BCUT2D eigenvalue weighted by Crippen LogP contribution is -2.08. The highest BCUT2D eigenvalue weighted by molar-refractivity contribution is 5.60. The van der Waals surface area contributed by atoms with Crippen molar-refractivity contribution in [3.63, 3.8) is 0 Å². The van der Waals surface area contributed by atoms with E-state index in [1.54, 1.807) is 13.0 Å². The molecule has 1 aromatic heterocycles. The molecule has 1 atom stereocenters. The molecule has 0 fully saturated rings. The summed E-state index contributed by atoms with van der Waals surface area (Å²) in [6.07, 6.45) is 0. The molecule has 0 saturated carbocycles. The molecule has 0 spiro atoms. The Morgan fingerprint density at radius 1 is 1.30 bits per heavy atom. The first-order valence-electron chi connectivity index (χ1n) is 6.47. The summed E-state index contributed by atoms with van der Waals surface area (Å²) in [5.41, 5.74) is 2.60. The van der Waals surface area contributed by atoms with Crippen molar-refractivity contribution >= 4 is 11.4 Å². The number of nitrogens with zero attached hydrogens (tertiary/aromatic N) is 1. The van der Waals surface area contributed by atoms with Crippen LogP contribution in [0, 0.1) is 30.9 Å². The van der Waals surface area contributed by atoms with Gasteiger partial charge in [-0.2, -0.15) is 0 Å². The molecule has 1 heterocycles. The molecule has 1 N–H and O–H groups in total. The Morgan fingerprint density at radius 3 is 2.55 bits per heavy atom. The Bertz CT molecular complexity index is 647. The fraction of sp³-hybridized carbons (Fsp3) is 0.333. The lowest BCUT2D eigenvalue weighted by atomic mass is 10.1. The van der Waals surface area contributed by atoms with Gasteiger partial charge in [-0.1, -0.05) is 6.07 Å². The quantitative estimate of drug-likeness (QED) is 0.667. The third kappa shape index (κ3) is 2.66. The van der Waals surface area contributed by atoms with Crippen LogP contribution in [0.2, 0.25) is 0 Å². The Labute approximate surface area is 117 Å². The van der Waals surface area contributed by atoms with E-state index in [9.17, 15) is 10.1 Å². The molecule has 0 saturated heterocycles. The number of hydrogen-bond acceptors (Lipinski definition) is 4. The van der Waals surface area contributed by atoms with Crippen LogP contribution >= 0.6 is 0 Å². The Kier molecular flexibility index (Phi) is 3.79. The molecular formula is C15H18N2O3. The molecule has 106 valence electrons. The number of rotatable bonds is 4. The van der Waals surface area contributed by atoms with Gasteiger partial charge >= 0.3 is 0 Å². The van der Waals surface area contributed by atoms with Crippen molar-refractivity contribution in [1.29, 1.82) is 0 Å². The van der Waals surface area contributed by atoms with Gasteiger partial charge in [-0.05, 0) is 39.8 Å². The van der Waals surface area contributed by atoms with Gasteiger partial charge in [0.25, 0.3) is 5.69 Å². The molecule has 20 heavy (non-hydrogen) atoms. The zero-order valence-electron chi connectivity index (χ0n) is 12.1. The van der Waals surface area contributed by atoms with E-state index in [-0.39, 0.29) is 16.7 Å². The molecule has 0 aliphatic rings. The molecule has 0 bridgehead atoms. The fourth-order valence-corrected chi connectivity index (χ4v) is 2.37. The zero-order valence-corrected chi connectivity index (χ0v) is 12.1. The number of nitro groups is 1. The molecule has 0 radical (unpaired) electrons. The van der Waals surface area contributed by atoms with E-state index in [1.165, 1.54) is 6.07 Å². The predicted molar refractivity (Wildman–Crippen MR) is 78.1 cm³/mol. The average Bonchev–Trinajstić information content (AvgIpc) is 2.70. The number of nitro benzene ring substituents is 1. The Morgan fingerprint density at radius 2 is 2.00 bits per heavy atom. The Hall–Kier alpha value is -2.30. The number of benzene rings is 1. The third-order valence-electron chi connectivity index (χ3n) is 3.42. The van der Waals surface area contributed by atoms with Gasteiger partial charge in [-0.25, -0.2) is 0 Å². The SMILES string of the molecule is Cc1cc(C(C)Nc2cccc([N+](=O)[O-])c2C)c(C)o1. The van der Waals surface area contributed by atoms with Gasteiger partial charge in [0.05, 0.1) is 11.0 Å². The number of hydrogen-bond donors (Lipinski definition) is 1. The van der Waals surface area contributed by atoms with E-state index in [0.717, 1.165) is 22.8 Å². The number of furan rings is 1. The first-order chi connectivity index (χ1) is 9.40. The van der Waals surface area contributed by atoms with E-state index in [2.05, 4.69) is 5.32 Å². The molecule has 1 unspecified atom stereocenters. The molecule has 0 aliphatic heterocycles. The standard InChI is InChI=1S/C15H18N2O3/c1-9-8-13(12(4)20-9)11(3)16-14-6-5-7-15(10(14)2)17(18)19/h5-8,11,16H,1-4H3. The summed E-state index contributed by atoms with van der Waals surface area (Å²) in [6, 6.07) is 7.06. The minimum atomic E-state index is -0.363. The molecular weight excluding hydrogens is 256 g/mol. The summed E-state index contributed by atoms with van der Waals surface area (Å²) in [6.45, 7) is 7.58. The van der Waals surface area contributed by atoms with E-state index in [0.29, 0.717) is 5.56 Å². The minimum Gasteiger partial charge on any atom is -0.466 e. The van der Waals surface area contributed by atoms with Crippen LogP contribution in [-0.2, 0) is 0 Å². The van der Waals surface area contributed by atoms with Crippen molar-refractivity contribution in [2.24, 2.45) is 0 Å². The highest BCUT2D eigenvalue weighted by Gasteiger charge is 2.17. The summed E-state index contributed by atoms with van der Waals surface area (Å²) in [4.78, 5) is 10.6. The van der Waals surface area contributed by atoms with Crippen molar-refractivity contribution in [2.45, 2.75) is 33.7 Å². The molecule has 2 rings (SSSR count). The van der Waals surface area contributed by atoms with Crippen molar-refractivity contribution < 1.29 is 9.34 Å². The average molecular weight is 274 g/mol. The van der Waals surface area contributed by atoms with Gasteiger partial charge in [-0.15, -0.1) is 0 Å². The first-order valence-corrected chi connectivity index (χ1v) is 6.47. The molecule has 1 aromatic carbocycles. The second kappa shape index (κ2) is 5.36. The van der Waals surface area contributed by atoms with Gasteiger partial charge in [0.1, 0.15) is 11.5 Å². The summed E-state index contributed by atoms with van der Waals surface area (Å²) in [5.74, 6) is 1.73. The van der Waals surface area contributed by atoms with Crippen LogP contribution < -0.4 is 5.32 Å². The molecule has 5 nitrogen and oxygen atoms in total. The van der Waals surface area contributed by atoms with Gasteiger partial charge in [-0.3, -0.25) is 10.1 Å². The van der Waals surface area contributed by atoms with Crippen LogP contribution in [0.25, 0.3) is 0 Å². The summed E-state index contributed by atoms with van der Waals surface area (Å²) < 4.78 is 5.52. The zero-order chi connectivity index (χ0) is 14.9. The maximum absolute atomic E-state index is 10.9. The van der Waals surface area contributed by atoms with E-state index < -0.39 is 0 Å². The number of nitrogens with one attached hydrogen (secondary N) is 1. The summed E-state index contributed by atoms with van der Waals surface area (Å²) in [5, 5.41) is 14.3. The maximum atomic E-state index is 10.9. The third-order valence-corrected chi connectivity index (χ3v) is 3.42. The van der Waals surface area contributed by atoms with Crippen molar-refractivity contribution in [2.75, 3.05) is 5.32 Å². The van der Waals surface area contributed by atoms with Gasteiger partial charge in [0.15, 0.2) is 0 Å². The molecule has 2 aromatic rings. The smallest absolute Gasteiger partial charge is 0.274 e. The first kappa shape index (κ1) is 14.1. The lowest BCUT2D eigenvalue weighted by molar-refractivity contribution is -0.385. The monoisotopic (exact) mass is 274 g/mol. The highest BCUT2D eigenvalue weighted by atomic mass is 16.6. The van der Waals surface area contributed by atoms with Crippen LogP contribution in [0.5, 0.6) is 0 Å². The van der Waals surface area contributed by atoms with Crippen molar-refractivity contribution in [3.8, 4) is 0 Å². The predicted octanol–water partition coefficient (Wildman–Crippen LogP) is 4.29. The van der Waals surface area contributed by atoms with E-state index >= 15 is 0 Å². The minimum absolute atomic E-state index is 0.0214. The van der Waals surface area contributed by atoms with Crippen LogP contribution in [-0.4, -0.2) is 4.92 Å². The largest absolute Gasteiger partial charge is 0.466 e. The second-order valence-corrected chi connectivity index (χ2v) is 4.94. The number of aryl methyl sites for hydroxylation is 2. The van der Waals surface area contributed by atoms with Crippen molar-refractivity contribution in [3.05, 3.63) is 57.0 Å². The molecule has 5 heteroatoms. The summed E-state index contributed by atoms with van der Waals surface area (Å²) in [7, 11) is 0. The second-order valence-electron chi connectivity index (χ2n) is 4.94. The van der Waals surface area contributed by atoms with Crippen LogP contribution in [0.1, 0.15) is 35.6 Å². The fourth-order valence-electron chi connectivity index (χ4n) is 2.37. The number of anilines is 1. The van der Waals surface area contributed by atoms with E-state index in [1.807, 2.05) is 32.9 Å². The maximum Gasteiger partial charge on any atom is 0.274 e.